The van der Waals surface area contributed by atoms with Gasteiger partial charge in [-0.2, -0.15) is 0 Å². The van der Waals surface area contributed by atoms with Gasteiger partial charge < -0.3 is 14.8 Å². The maximum Gasteiger partial charge on any atom is 0.279 e. The second kappa shape index (κ2) is 5.76. The number of carbonyl (C=O) groups excluding carboxylic acids is 1. The number of nitrogens with one attached hydrogen (secondary N) is 2. The smallest absolute Gasteiger partial charge is 0.279 e. The van der Waals surface area contributed by atoms with Crippen LogP contribution in [0.15, 0.2) is 41.2 Å². The first-order valence-corrected chi connectivity index (χ1v) is 7.90. The molecule has 0 radical (unpaired) electrons. The zero-order valence-corrected chi connectivity index (χ0v) is 14.4. The van der Waals surface area contributed by atoms with E-state index >= 15 is 0 Å². The van der Waals surface area contributed by atoms with Gasteiger partial charge in [-0.3, -0.25) is 9.59 Å². The predicted octanol–water partition coefficient (Wildman–Crippen LogP) is 2.63. The summed E-state index contributed by atoms with van der Waals surface area (Å²) < 4.78 is 0.564. The van der Waals surface area contributed by atoms with Crippen molar-refractivity contribution in [3.63, 3.8) is 0 Å². The molecule has 2 N–H and O–H groups in total. The summed E-state index contributed by atoms with van der Waals surface area (Å²) in [6.07, 6.45) is 0. The topological polar surface area (TPSA) is 62.0 Å². The van der Waals surface area contributed by atoms with E-state index in [2.05, 4.69) is 10.3 Å². The quantitative estimate of drug-likeness (QED) is 0.575. The molecule has 3 rings (SSSR count). The summed E-state index contributed by atoms with van der Waals surface area (Å²) in [7, 11) is 5.93. The lowest BCUT2D eigenvalue weighted by Crippen LogP contribution is -2.41. The van der Waals surface area contributed by atoms with Gasteiger partial charge in [0.15, 0.2) is 6.54 Å². The molecule has 124 valence electrons. The number of benzene rings is 2. The number of rotatable bonds is 3. The molecule has 1 amide bonds. The Bertz CT molecular complexity index is 997. The van der Waals surface area contributed by atoms with Gasteiger partial charge in [0.05, 0.1) is 21.1 Å². The van der Waals surface area contributed by atoms with E-state index in [1.807, 2.05) is 64.5 Å². The zero-order valence-electron chi connectivity index (χ0n) is 14.4. The highest BCUT2D eigenvalue weighted by atomic mass is 16.2. The van der Waals surface area contributed by atoms with Gasteiger partial charge in [-0.15, -0.1) is 0 Å². The van der Waals surface area contributed by atoms with E-state index in [4.69, 9.17) is 0 Å². The minimum Gasteiger partial charge on any atom is -0.323 e. The summed E-state index contributed by atoms with van der Waals surface area (Å²) in [5, 5.41) is 5.46. The van der Waals surface area contributed by atoms with E-state index in [-0.39, 0.29) is 11.5 Å². The molecule has 0 aliphatic carbocycles. The van der Waals surface area contributed by atoms with Crippen LogP contribution in [0.2, 0.25) is 0 Å². The van der Waals surface area contributed by atoms with Crippen LogP contribution in [-0.4, -0.2) is 43.1 Å². The number of quaternary nitrogens is 1. The minimum atomic E-state index is -0.0979. The highest BCUT2D eigenvalue weighted by molar-refractivity contribution is 6.07. The Hall–Kier alpha value is -2.66. The van der Waals surface area contributed by atoms with Crippen LogP contribution in [0.4, 0.5) is 5.69 Å². The summed E-state index contributed by atoms with van der Waals surface area (Å²) in [4.78, 5) is 27.4. The third kappa shape index (κ3) is 3.16. The monoisotopic (exact) mass is 324 g/mol. The first kappa shape index (κ1) is 16.2. The third-order valence-electron chi connectivity index (χ3n) is 3.97. The number of anilines is 1. The van der Waals surface area contributed by atoms with Crippen LogP contribution >= 0.6 is 0 Å². The van der Waals surface area contributed by atoms with Crippen molar-refractivity contribution in [1.82, 2.24) is 4.98 Å². The minimum absolute atomic E-state index is 0.0290. The number of fused-ring (bicyclic) bond motifs is 3. The number of likely N-dealkylation sites (N-methyl/N-ethyl adjacent to an activating group) is 1. The first-order chi connectivity index (χ1) is 11.2. The van der Waals surface area contributed by atoms with Crippen molar-refractivity contribution in [3.05, 3.63) is 52.3 Å². The Labute approximate surface area is 140 Å². The molecule has 0 spiro atoms. The van der Waals surface area contributed by atoms with Gasteiger partial charge in [-0.05, 0) is 36.1 Å². The molecule has 1 aromatic heterocycles. The van der Waals surface area contributed by atoms with Crippen LogP contribution in [0.25, 0.3) is 21.7 Å². The fourth-order valence-corrected chi connectivity index (χ4v) is 2.90. The summed E-state index contributed by atoms with van der Waals surface area (Å²) in [5.41, 5.74) is 2.38. The summed E-state index contributed by atoms with van der Waals surface area (Å²) in [6.45, 7) is 2.32. The lowest BCUT2D eigenvalue weighted by atomic mass is 10.0. The van der Waals surface area contributed by atoms with Crippen molar-refractivity contribution in [1.29, 1.82) is 0 Å². The van der Waals surface area contributed by atoms with Crippen molar-refractivity contribution >= 4 is 33.3 Å². The molecule has 0 fully saturated rings. The summed E-state index contributed by atoms with van der Waals surface area (Å²) >= 11 is 0. The van der Waals surface area contributed by atoms with E-state index in [0.29, 0.717) is 16.4 Å². The molecule has 0 aliphatic heterocycles. The summed E-state index contributed by atoms with van der Waals surface area (Å²) in [6, 6.07) is 11.3. The Kier molecular flexibility index (Phi) is 3.89. The van der Waals surface area contributed by atoms with Crippen LogP contribution < -0.4 is 10.9 Å². The number of aromatic amines is 1. The molecule has 0 saturated heterocycles. The second-order valence-electron chi connectivity index (χ2n) is 7.21. The van der Waals surface area contributed by atoms with E-state index in [0.717, 1.165) is 27.5 Å². The Balaban J connectivity index is 2.12. The van der Waals surface area contributed by atoms with Crippen molar-refractivity contribution in [3.8, 4) is 0 Å². The normalized spacial score (nSPS) is 11.8. The van der Waals surface area contributed by atoms with Crippen LogP contribution in [0.5, 0.6) is 0 Å². The molecule has 0 aliphatic rings. The van der Waals surface area contributed by atoms with Crippen molar-refractivity contribution in [2.24, 2.45) is 0 Å². The fourth-order valence-electron chi connectivity index (χ4n) is 2.90. The van der Waals surface area contributed by atoms with Gasteiger partial charge in [0.1, 0.15) is 0 Å². The molecule has 0 saturated carbocycles. The van der Waals surface area contributed by atoms with Gasteiger partial charge in [0.25, 0.3) is 11.5 Å². The van der Waals surface area contributed by atoms with Gasteiger partial charge in [0, 0.05) is 22.0 Å². The van der Waals surface area contributed by atoms with E-state index in [1.54, 1.807) is 0 Å². The molecule has 0 atom stereocenters. The molecule has 5 nitrogen and oxygen atoms in total. The van der Waals surface area contributed by atoms with Crippen LogP contribution in [0.1, 0.15) is 5.56 Å². The maximum atomic E-state index is 12.2. The average molecular weight is 324 g/mol. The SMILES string of the molecule is Cc1cc2[nH]c(=O)c3ccccc3c2cc1NC(=O)C[N+](C)(C)C. The molecule has 0 bridgehead atoms. The van der Waals surface area contributed by atoms with Crippen LogP contribution in [-0.2, 0) is 4.79 Å². The fraction of sp³-hybridized carbons (Fsp3) is 0.263. The molecular formula is C19H22N3O2+. The Morgan fingerprint density at radius 2 is 1.75 bits per heavy atom. The molecule has 0 unspecified atom stereocenters. The Morgan fingerprint density at radius 3 is 2.42 bits per heavy atom. The number of hydrogen-bond acceptors (Lipinski definition) is 2. The van der Waals surface area contributed by atoms with Crippen molar-refractivity contribution < 1.29 is 9.28 Å². The largest absolute Gasteiger partial charge is 0.323 e. The van der Waals surface area contributed by atoms with Crippen molar-refractivity contribution in [2.45, 2.75) is 6.92 Å². The van der Waals surface area contributed by atoms with Gasteiger partial charge >= 0.3 is 0 Å². The van der Waals surface area contributed by atoms with E-state index < -0.39 is 0 Å². The number of pyridine rings is 1. The van der Waals surface area contributed by atoms with Gasteiger partial charge in [-0.25, -0.2) is 0 Å². The van der Waals surface area contributed by atoms with E-state index in [1.165, 1.54) is 0 Å². The average Bonchev–Trinajstić information content (AvgIpc) is 2.47. The van der Waals surface area contributed by atoms with Crippen LogP contribution in [0, 0.1) is 6.92 Å². The zero-order chi connectivity index (χ0) is 17.5. The highest BCUT2D eigenvalue weighted by Gasteiger charge is 2.16. The molecule has 2 aromatic carbocycles. The van der Waals surface area contributed by atoms with Crippen molar-refractivity contribution in [2.75, 3.05) is 33.0 Å². The molecule has 1 heterocycles. The van der Waals surface area contributed by atoms with Gasteiger partial charge in [0.2, 0.25) is 0 Å². The molecule has 24 heavy (non-hydrogen) atoms. The molecule has 3 aromatic rings. The molecule has 5 heteroatoms. The Morgan fingerprint density at radius 1 is 1.08 bits per heavy atom. The number of H-pyrrole nitrogens is 1. The summed E-state index contributed by atoms with van der Waals surface area (Å²) in [5.74, 6) is -0.0290. The van der Waals surface area contributed by atoms with E-state index in [9.17, 15) is 9.59 Å². The second-order valence-corrected chi connectivity index (χ2v) is 7.21. The number of nitrogens with zero attached hydrogens (tertiary/aromatic N) is 1. The van der Waals surface area contributed by atoms with Gasteiger partial charge in [-0.1, -0.05) is 18.2 Å². The molecular weight excluding hydrogens is 302 g/mol. The third-order valence-corrected chi connectivity index (χ3v) is 3.97. The maximum absolute atomic E-state index is 12.2. The lowest BCUT2D eigenvalue weighted by molar-refractivity contribution is -0.861. The lowest BCUT2D eigenvalue weighted by Gasteiger charge is -2.23. The predicted molar refractivity (Wildman–Crippen MR) is 98.3 cm³/mol. The number of amides is 1. The van der Waals surface area contributed by atoms with Crippen LogP contribution in [0.3, 0.4) is 0 Å². The number of carbonyl (C=O) groups is 1. The number of aryl methyl sites for hydroxylation is 1. The number of aromatic nitrogens is 1. The number of hydrogen-bond donors (Lipinski definition) is 2. The highest BCUT2D eigenvalue weighted by Crippen LogP contribution is 2.27. The standard InChI is InChI=1S/C19H21N3O2/c1-12-9-17-15(10-16(12)20-18(23)11-22(2,3)4)13-7-5-6-8-14(13)19(24)21-17/h5-10H,11H2,1-4H3,(H-,20,21,23,24)/p+1. The first-order valence-electron chi connectivity index (χ1n) is 7.90.